The molecular weight excluding hydrogens is 354 g/mol. The van der Waals surface area contributed by atoms with Gasteiger partial charge in [0.05, 0.1) is 11.9 Å². The molecule has 3 heterocycles. The Hall–Kier alpha value is -2.83. The third-order valence-corrected chi connectivity index (χ3v) is 6.82. The fourth-order valence-corrected chi connectivity index (χ4v) is 5.14. The second kappa shape index (κ2) is 5.83. The van der Waals surface area contributed by atoms with Crippen LogP contribution in [0.5, 0.6) is 0 Å². The van der Waals surface area contributed by atoms with Gasteiger partial charge in [-0.2, -0.15) is 0 Å². The number of amides is 2. The minimum absolute atomic E-state index is 0.0131. The molecule has 2 amide bonds. The van der Waals surface area contributed by atoms with Crippen LogP contribution in [0, 0.1) is 25.7 Å². The average Bonchev–Trinajstić information content (AvgIpc) is 3.33. The molecule has 28 heavy (non-hydrogen) atoms. The highest BCUT2D eigenvalue weighted by Gasteiger charge is 2.55. The molecule has 1 saturated carbocycles. The number of hydrogen-bond acceptors (Lipinski definition) is 4. The van der Waals surface area contributed by atoms with Crippen LogP contribution in [-0.2, 0) is 7.05 Å². The number of aryl methyl sites for hydroxylation is 2. The zero-order valence-corrected chi connectivity index (χ0v) is 16.5. The molecule has 1 unspecified atom stereocenters. The third kappa shape index (κ3) is 2.38. The Kier molecular flexibility index (Phi) is 3.60. The van der Waals surface area contributed by atoms with Crippen LogP contribution < -0.4 is 10.6 Å². The maximum atomic E-state index is 13.0. The van der Waals surface area contributed by atoms with Crippen LogP contribution in [0.2, 0.25) is 0 Å². The van der Waals surface area contributed by atoms with E-state index in [2.05, 4.69) is 15.6 Å². The highest BCUT2D eigenvalue weighted by Crippen LogP contribution is 2.47. The maximum absolute atomic E-state index is 13.0. The Morgan fingerprint density at radius 2 is 2.07 bits per heavy atom. The van der Waals surface area contributed by atoms with Crippen molar-refractivity contribution >= 4 is 17.5 Å². The summed E-state index contributed by atoms with van der Waals surface area (Å²) in [7, 11) is 1.90. The lowest BCUT2D eigenvalue weighted by molar-refractivity contribution is 0.0761. The van der Waals surface area contributed by atoms with E-state index in [9.17, 15) is 9.59 Å². The Bertz CT molecular complexity index is 997. The first-order valence-corrected chi connectivity index (χ1v) is 9.86. The van der Waals surface area contributed by atoms with Crippen LogP contribution in [0.25, 0.3) is 0 Å². The third-order valence-electron chi connectivity index (χ3n) is 6.82. The standard InChI is InChI=1S/C21H25N5O2/c1-12-4-5-17-15(8-12)19(27)24-21(23-17)7-6-14-9-26(10-16(14)21)20(28)18-13(2)25(3)11-22-18/h4-5,8,11,14,16,23H,6-7,9-10H2,1-3H3,(H,24,27)/t14-,16+,21?/m0/s1. The predicted octanol–water partition coefficient (Wildman–Crippen LogP) is 2.07. The molecule has 3 atom stereocenters. The quantitative estimate of drug-likeness (QED) is 0.795. The summed E-state index contributed by atoms with van der Waals surface area (Å²) in [6.07, 6.45) is 3.55. The summed E-state index contributed by atoms with van der Waals surface area (Å²) < 4.78 is 1.87. The molecule has 1 spiro atoms. The zero-order chi connectivity index (χ0) is 19.6. The molecule has 0 bridgehead atoms. The summed E-state index contributed by atoms with van der Waals surface area (Å²) >= 11 is 0. The fourth-order valence-electron chi connectivity index (χ4n) is 5.14. The van der Waals surface area contributed by atoms with E-state index in [-0.39, 0.29) is 17.7 Å². The van der Waals surface area contributed by atoms with E-state index in [1.165, 1.54) is 0 Å². The molecule has 2 aromatic rings. The van der Waals surface area contributed by atoms with Gasteiger partial charge in [-0.1, -0.05) is 11.6 Å². The van der Waals surface area contributed by atoms with Crippen molar-refractivity contribution in [2.75, 3.05) is 18.4 Å². The smallest absolute Gasteiger partial charge is 0.274 e. The molecule has 1 saturated heterocycles. The SMILES string of the molecule is Cc1ccc2c(c1)C(=O)NC1(CC[C@H]3CN(C(=O)c4ncn(C)c4C)C[C@H]31)N2. The van der Waals surface area contributed by atoms with E-state index in [1.807, 2.05) is 48.6 Å². The van der Waals surface area contributed by atoms with Crippen LogP contribution in [-0.4, -0.2) is 45.0 Å². The molecule has 2 N–H and O–H groups in total. The van der Waals surface area contributed by atoms with Crippen LogP contribution >= 0.6 is 0 Å². The van der Waals surface area contributed by atoms with Crippen molar-refractivity contribution in [3.8, 4) is 0 Å². The van der Waals surface area contributed by atoms with E-state index in [4.69, 9.17) is 0 Å². The van der Waals surface area contributed by atoms with Crippen molar-refractivity contribution in [2.45, 2.75) is 32.4 Å². The molecular formula is C21H25N5O2. The van der Waals surface area contributed by atoms with E-state index >= 15 is 0 Å². The molecule has 7 heteroatoms. The summed E-state index contributed by atoms with van der Waals surface area (Å²) in [5.74, 6) is 0.538. The van der Waals surface area contributed by atoms with Crippen LogP contribution in [0.3, 0.4) is 0 Å². The number of likely N-dealkylation sites (tertiary alicyclic amines) is 1. The van der Waals surface area contributed by atoms with E-state index in [1.54, 1.807) is 6.33 Å². The lowest BCUT2D eigenvalue weighted by Crippen LogP contribution is -2.61. The normalized spacial score (nSPS) is 28.1. The van der Waals surface area contributed by atoms with Gasteiger partial charge < -0.3 is 20.1 Å². The summed E-state index contributed by atoms with van der Waals surface area (Å²) in [6, 6.07) is 5.94. The van der Waals surface area contributed by atoms with E-state index in [0.29, 0.717) is 23.7 Å². The number of nitrogens with one attached hydrogen (secondary N) is 2. The molecule has 0 radical (unpaired) electrons. The number of fused-ring (bicyclic) bond motifs is 3. The zero-order valence-electron chi connectivity index (χ0n) is 16.5. The molecule has 2 aliphatic heterocycles. The number of benzene rings is 1. The number of aromatic nitrogens is 2. The first-order valence-electron chi connectivity index (χ1n) is 9.86. The number of nitrogens with zero attached hydrogens (tertiary/aromatic N) is 3. The molecule has 1 aromatic carbocycles. The summed E-state index contributed by atoms with van der Waals surface area (Å²) in [6.45, 7) is 5.26. The van der Waals surface area contributed by atoms with Crippen molar-refractivity contribution in [3.05, 3.63) is 47.0 Å². The van der Waals surface area contributed by atoms with E-state index in [0.717, 1.165) is 36.3 Å². The van der Waals surface area contributed by atoms with Gasteiger partial charge in [0.25, 0.3) is 11.8 Å². The number of hydrogen-bond donors (Lipinski definition) is 2. The van der Waals surface area contributed by atoms with Crippen LogP contribution in [0.15, 0.2) is 24.5 Å². The molecule has 1 aliphatic carbocycles. The molecule has 1 aromatic heterocycles. The van der Waals surface area contributed by atoms with Crippen molar-refractivity contribution < 1.29 is 9.59 Å². The van der Waals surface area contributed by atoms with Crippen molar-refractivity contribution in [2.24, 2.45) is 18.9 Å². The fraction of sp³-hybridized carbons (Fsp3) is 0.476. The predicted molar refractivity (Wildman–Crippen MR) is 105 cm³/mol. The Balaban J connectivity index is 1.41. The second-order valence-electron chi connectivity index (χ2n) is 8.50. The molecule has 3 aliphatic rings. The molecule has 5 rings (SSSR count). The van der Waals surface area contributed by atoms with Gasteiger partial charge in [0.1, 0.15) is 11.4 Å². The van der Waals surface area contributed by atoms with E-state index < -0.39 is 5.66 Å². The number of anilines is 1. The Morgan fingerprint density at radius 1 is 1.25 bits per heavy atom. The molecule has 7 nitrogen and oxygen atoms in total. The van der Waals surface area contributed by atoms with Gasteiger partial charge >= 0.3 is 0 Å². The van der Waals surface area contributed by atoms with Gasteiger partial charge in [0.15, 0.2) is 0 Å². The minimum Gasteiger partial charge on any atom is -0.362 e. The van der Waals surface area contributed by atoms with Crippen molar-refractivity contribution in [1.29, 1.82) is 0 Å². The second-order valence-corrected chi connectivity index (χ2v) is 8.50. The number of imidazole rings is 1. The Morgan fingerprint density at radius 3 is 2.82 bits per heavy atom. The lowest BCUT2D eigenvalue weighted by Gasteiger charge is -2.42. The maximum Gasteiger partial charge on any atom is 0.274 e. The topological polar surface area (TPSA) is 79.3 Å². The van der Waals surface area contributed by atoms with Gasteiger partial charge in [-0.25, -0.2) is 4.98 Å². The molecule has 2 fully saturated rings. The Labute approximate surface area is 164 Å². The summed E-state index contributed by atoms with van der Waals surface area (Å²) in [5, 5.41) is 6.88. The minimum atomic E-state index is -0.474. The number of carbonyl (C=O) groups excluding carboxylic acids is 2. The first kappa shape index (κ1) is 17.3. The summed E-state index contributed by atoms with van der Waals surface area (Å²) in [4.78, 5) is 32.1. The largest absolute Gasteiger partial charge is 0.362 e. The lowest BCUT2D eigenvalue weighted by atomic mass is 9.89. The monoisotopic (exact) mass is 379 g/mol. The van der Waals surface area contributed by atoms with Crippen molar-refractivity contribution in [3.63, 3.8) is 0 Å². The van der Waals surface area contributed by atoms with Gasteiger partial charge in [-0.15, -0.1) is 0 Å². The average molecular weight is 379 g/mol. The van der Waals surface area contributed by atoms with Gasteiger partial charge in [0.2, 0.25) is 0 Å². The highest BCUT2D eigenvalue weighted by atomic mass is 16.2. The summed E-state index contributed by atoms with van der Waals surface area (Å²) in [5.41, 5.74) is 3.59. The van der Waals surface area contributed by atoms with Gasteiger partial charge in [-0.05, 0) is 44.7 Å². The van der Waals surface area contributed by atoms with Gasteiger partial charge in [-0.3, -0.25) is 9.59 Å². The highest BCUT2D eigenvalue weighted by molar-refractivity contribution is 6.02. The van der Waals surface area contributed by atoms with Gasteiger partial charge in [0, 0.05) is 37.4 Å². The number of rotatable bonds is 1. The molecule has 146 valence electrons. The van der Waals surface area contributed by atoms with Crippen LogP contribution in [0.1, 0.15) is 44.9 Å². The van der Waals surface area contributed by atoms with Crippen molar-refractivity contribution in [1.82, 2.24) is 19.8 Å². The number of carbonyl (C=O) groups is 2. The first-order chi connectivity index (χ1) is 13.4. The van der Waals surface area contributed by atoms with Crippen LogP contribution in [0.4, 0.5) is 5.69 Å².